The minimum absolute atomic E-state index is 0.0786. The molecule has 0 aliphatic rings. The zero-order valence-electron chi connectivity index (χ0n) is 10.3. The number of benzene rings is 1. The van der Waals surface area contributed by atoms with Gasteiger partial charge in [-0.15, -0.1) is 0 Å². The lowest BCUT2D eigenvalue weighted by molar-refractivity contribution is -0.122. The normalized spacial score (nSPS) is 11.7. The van der Waals surface area contributed by atoms with Crippen LogP contribution in [0.2, 0.25) is 0 Å². The fourth-order valence-electron chi connectivity index (χ4n) is 1.20. The predicted molar refractivity (Wildman–Crippen MR) is 66.0 cm³/mol. The van der Waals surface area contributed by atoms with Crippen LogP contribution in [0, 0.1) is 5.92 Å². The van der Waals surface area contributed by atoms with Crippen molar-refractivity contribution in [2.75, 3.05) is 19.5 Å². The molecule has 1 aromatic carbocycles. The van der Waals surface area contributed by atoms with Crippen LogP contribution in [0.5, 0.6) is 5.75 Å². The topological polar surface area (TPSA) is 105 Å². The van der Waals surface area contributed by atoms with E-state index in [0.717, 1.165) is 0 Å². The Hall–Kier alpha value is -2.24. The number of methoxy groups -OCH3 is 1. The molecule has 98 valence electrons. The fourth-order valence-corrected chi connectivity index (χ4v) is 1.20. The van der Waals surface area contributed by atoms with Gasteiger partial charge in [0.25, 0.3) is 0 Å². The minimum Gasteiger partial charge on any atom is -0.497 e. The lowest BCUT2D eigenvalue weighted by Gasteiger charge is -2.10. The second kappa shape index (κ2) is 5.90. The highest BCUT2D eigenvalue weighted by molar-refractivity contribution is 5.95. The van der Waals surface area contributed by atoms with Crippen LogP contribution in [0.3, 0.4) is 0 Å². The summed E-state index contributed by atoms with van der Waals surface area (Å²) >= 11 is 0. The van der Waals surface area contributed by atoms with Gasteiger partial charge in [0, 0.05) is 5.69 Å². The molecule has 6 heteroatoms. The first-order valence-electron chi connectivity index (χ1n) is 5.35. The van der Waals surface area contributed by atoms with Crippen LogP contribution in [0.25, 0.3) is 0 Å². The molecule has 1 aromatic rings. The molecular formula is C12H16N2O4. The van der Waals surface area contributed by atoms with Crippen molar-refractivity contribution in [3.8, 4) is 5.75 Å². The van der Waals surface area contributed by atoms with Crippen molar-refractivity contribution in [3.05, 3.63) is 23.8 Å². The quantitative estimate of drug-likeness (QED) is 0.588. The SMILES string of the molecule is COc1ccc(N)c(C(=O)OCC(C)C(N)=O)c1. The Morgan fingerprint density at radius 1 is 1.39 bits per heavy atom. The third-order valence-electron chi connectivity index (χ3n) is 2.43. The Kier molecular flexibility index (Phi) is 4.53. The molecule has 6 nitrogen and oxygen atoms in total. The van der Waals surface area contributed by atoms with Gasteiger partial charge in [-0.05, 0) is 18.2 Å². The van der Waals surface area contributed by atoms with E-state index in [0.29, 0.717) is 5.75 Å². The molecule has 0 bridgehead atoms. The number of carbonyl (C=O) groups is 2. The van der Waals surface area contributed by atoms with Crippen LogP contribution in [-0.2, 0) is 9.53 Å². The zero-order chi connectivity index (χ0) is 13.7. The summed E-state index contributed by atoms with van der Waals surface area (Å²) in [5, 5.41) is 0. The lowest BCUT2D eigenvalue weighted by Crippen LogP contribution is -2.26. The third kappa shape index (κ3) is 3.38. The van der Waals surface area contributed by atoms with E-state index in [1.165, 1.54) is 13.2 Å². The molecule has 1 unspecified atom stereocenters. The number of hydrogen-bond donors (Lipinski definition) is 2. The average molecular weight is 252 g/mol. The Bertz CT molecular complexity index is 459. The summed E-state index contributed by atoms with van der Waals surface area (Å²) in [4.78, 5) is 22.6. The molecule has 0 spiro atoms. The maximum absolute atomic E-state index is 11.8. The average Bonchev–Trinajstić information content (AvgIpc) is 2.35. The number of rotatable bonds is 5. The molecule has 18 heavy (non-hydrogen) atoms. The zero-order valence-corrected chi connectivity index (χ0v) is 10.3. The van der Waals surface area contributed by atoms with Gasteiger partial charge in [-0.1, -0.05) is 6.92 Å². The van der Waals surface area contributed by atoms with Crippen molar-refractivity contribution in [1.82, 2.24) is 0 Å². The van der Waals surface area contributed by atoms with Crippen LogP contribution in [-0.4, -0.2) is 25.6 Å². The summed E-state index contributed by atoms with van der Waals surface area (Å²) in [6, 6.07) is 4.66. The summed E-state index contributed by atoms with van der Waals surface area (Å²) < 4.78 is 9.94. The van der Waals surface area contributed by atoms with Crippen LogP contribution in [0.1, 0.15) is 17.3 Å². The fraction of sp³-hybridized carbons (Fsp3) is 0.333. The van der Waals surface area contributed by atoms with E-state index in [2.05, 4.69) is 0 Å². The molecule has 0 radical (unpaired) electrons. The highest BCUT2D eigenvalue weighted by Crippen LogP contribution is 2.20. The molecule has 0 saturated heterocycles. The Morgan fingerprint density at radius 2 is 2.06 bits per heavy atom. The first-order chi connectivity index (χ1) is 8.45. The van der Waals surface area contributed by atoms with E-state index in [9.17, 15) is 9.59 Å². The first kappa shape index (κ1) is 13.8. The van der Waals surface area contributed by atoms with Gasteiger partial charge in [0.15, 0.2) is 0 Å². The molecule has 1 rings (SSSR count). The van der Waals surface area contributed by atoms with Crippen molar-refractivity contribution in [2.24, 2.45) is 11.7 Å². The highest BCUT2D eigenvalue weighted by atomic mass is 16.5. The van der Waals surface area contributed by atoms with Crippen LogP contribution >= 0.6 is 0 Å². The maximum atomic E-state index is 11.8. The van der Waals surface area contributed by atoms with Gasteiger partial charge in [0.1, 0.15) is 12.4 Å². The molecule has 0 aromatic heterocycles. The monoisotopic (exact) mass is 252 g/mol. The van der Waals surface area contributed by atoms with E-state index in [-0.39, 0.29) is 17.9 Å². The van der Waals surface area contributed by atoms with Crippen LogP contribution in [0.15, 0.2) is 18.2 Å². The molecule has 1 amide bonds. The van der Waals surface area contributed by atoms with Crippen molar-refractivity contribution < 1.29 is 19.1 Å². The van der Waals surface area contributed by atoms with Gasteiger partial charge >= 0.3 is 5.97 Å². The molecule has 0 aliphatic carbocycles. The Labute approximate surface area is 105 Å². The van der Waals surface area contributed by atoms with E-state index in [4.69, 9.17) is 20.9 Å². The largest absolute Gasteiger partial charge is 0.497 e. The van der Waals surface area contributed by atoms with Crippen molar-refractivity contribution in [1.29, 1.82) is 0 Å². The van der Waals surface area contributed by atoms with E-state index >= 15 is 0 Å². The maximum Gasteiger partial charge on any atom is 0.340 e. The third-order valence-corrected chi connectivity index (χ3v) is 2.43. The van der Waals surface area contributed by atoms with E-state index in [1.54, 1.807) is 19.1 Å². The number of carbonyl (C=O) groups excluding carboxylic acids is 2. The number of amides is 1. The molecule has 0 heterocycles. The number of hydrogen-bond acceptors (Lipinski definition) is 5. The summed E-state index contributed by atoms with van der Waals surface area (Å²) in [6.45, 7) is 1.50. The summed E-state index contributed by atoms with van der Waals surface area (Å²) in [5.74, 6) is -1.18. The molecule has 4 N–H and O–H groups in total. The number of nitrogen functional groups attached to an aromatic ring is 1. The van der Waals surface area contributed by atoms with Gasteiger partial charge in [-0.2, -0.15) is 0 Å². The number of esters is 1. The van der Waals surface area contributed by atoms with Crippen molar-refractivity contribution >= 4 is 17.6 Å². The van der Waals surface area contributed by atoms with Gasteiger partial charge in [0.05, 0.1) is 18.6 Å². The summed E-state index contributed by atoms with van der Waals surface area (Å²) in [6.07, 6.45) is 0. The molecule has 0 fully saturated rings. The number of anilines is 1. The second-order valence-corrected chi connectivity index (χ2v) is 3.86. The summed E-state index contributed by atoms with van der Waals surface area (Å²) in [5.41, 5.74) is 11.2. The molecule has 0 aliphatic heterocycles. The number of nitrogens with two attached hydrogens (primary N) is 2. The Morgan fingerprint density at radius 3 is 2.61 bits per heavy atom. The Balaban J connectivity index is 2.75. The van der Waals surface area contributed by atoms with Gasteiger partial charge < -0.3 is 20.9 Å². The van der Waals surface area contributed by atoms with Crippen LogP contribution < -0.4 is 16.2 Å². The van der Waals surface area contributed by atoms with Gasteiger partial charge in [0.2, 0.25) is 5.91 Å². The number of ether oxygens (including phenoxy) is 2. The predicted octanol–water partition coefficient (Wildman–Crippen LogP) is 0.556. The van der Waals surface area contributed by atoms with Gasteiger partial charge in [-0.3, -0.25) is 4.79 Å². The van der Waals surface area contributed by atoms with Gasteiger partial charge in [-0.25, -0.2) is 4.79 Å². The smallest absolute Gasteiger partial charge is 0.340 e. The standard InChI is InChI=1S/C12H16N2O4/c1-7(11(14)15)6-18-12(16)9-5-8(17-2)3-4-10(9)13/h3-5,7H,6,13H2,1-2H3,(H2,14,15). The highest BCUT2D eigenvalue weighted by Gasteiger charge is 2.16. The van der Waals surface area contributed by atoms with Crippen LogP contribution in [0.4, 0.5) is 5.69 Å². The van der Waals surface area contributed by atoms with E-state index < -0.39 is 17.8 Å². The first-order valence-corrected chi connectivity index (χ1v) is 5.35. The number of primary amides is 1. The second-order valence-electron chi connectivity index (χ2n) is 3.86. The van der Waals surface area contributed by atoms with Crippen molar-refractivity contribution in [3.63, 3.8) is 0 Å². The lowest BCUT2D eigenvalue weighted by atomic mass is 10.1. The van der Waals surface area contributed by atoms with Crippen molar-refractivity contribution in [2.45, 2.75) is 6.92 Å². The summed E-state index contributed by atoms with van der Waals surface area (Å²) in [7, 11) is 1.48. The molecule has 1 atom stereocenters. The minimum atomic E-state index is -0.612. The molecule has 0 saturated carbocycles. The van der Waals surface area contributed by atoms with E-state index in [1.807, 2.05) is 0 Å². The molecular weight excluding hydrogens is 236 g/mol.